The lowest BCUT2D eigenvalue weighted by Crippen LogP contribution is -2.44. The van der Waals surface area contributed by atoms with Crippen LogP contribution in [-0.2, 0) is 33.4 Å². The number of amides is 1. The largest absolute Gasteiger partial charge is 0.462 e. The van der Waals surface area contributed by atoms with Crippen LogP contribution in [0.3, 0.4) is 0 Å². The molecule has 0 rings (SSSR count). The topological polar surface area (TPSA) is 134 Å². The van der Waals surface area contributed by atoms with Gasteiger partial charge in [-0.25, -0.2) is 0 Å². The summed E-state index contributed by atoms with van der Waals surface area (Å²) in [5.74, 6) is -1.09. The van der Waals surface area contributed by atoms with E-state index in [1.54, 1.807) is 13.8 Å². The summed E-state index contributed by atoms with van der Waals surface area (Å²) < 4.78 is 16.3. The SMILES string of the molecule is CC/C=C\C/C=C\C/C=C\CCCCCCCC(=O)OC[C@H](CSC[C@H](N)C(=O)NCC(=O)OC(C)C)OC(=O)CCCCCCC/C=C\C/C=C\C/C=C\CC. The van der Waals surface area contributed by atoms with E-state index in [2.05, 4.69) is 92.1 Å². The number of esters is 3. The maximum absolute atomic E-state index is 12.8. The molecule has 0 saturated carbocycles. The third-order valence-corrected chi connectivity index (χ3v) is 9.71. The minimum absolute atomic E-state index is 0.0454. The van der Waals surface area contributed by atoms with Crippen LogP contribution in [0.15, 0.2) is 72.9 Å². The van der Waals surface area contributed by atoms with E-state index in [4.69, 9.17) is 19.9 Å². The fourth-order valence-corrected chi connectivity index (χ4v) is 6.36. The van der Waals surface area contributed by atoms with Gasteiger partial charge in [-0.15, -0.1) is 0 Å². The highest BCUT2D eigenvalue weighted by molar-refractivity contribution is 7.99. The van der Waals surface area contributed by atoms with Crippen molar-refractivity contribution < 1.29 is 33.4 Å². The van der Waals surface area contributed by atoms with Crippen molar-refractivity contribution in [2.24, 2.45) is 5.73 Å². The maximum Gasteiger partial charge on any atom is 0.325 e. The molecule has 0 aliphatic heterocycles. The number of hydrogen-bond acceptors (Lipinski definition) is 9. The van der Waals surface area contributed by atoms with Crippen LogP contribution in [-0.4, -0.2) is 66.7 Å². The second-order valence-corrected chi connectivity index (χ2v) is 15.5. The summed E-state index contributed by atoms with van der Waals surface area (Å²) in [7, 11) is 0. The number of thioether (sulfide) groups is 1. The molecule has 0 unspecified atom stereocenters. The van der Waals surface area contributed by atoms with Crippen molar-refractivity contribution in [3.05, 3.63) is 72.9 Å². The molecule has 10 heteroatoms. The summed E-state index contributed by atoms with van der Waals surface area (Å²) in [4.78, 5) is 49.4. The Morgan fingerprint density at radius 1 is 0.561 bits per heavy atom. The lowest BCUT2D eigenvalue weighted by molar-refractivity contribution is -0.157. The molecular formula is C47H78N2O7S. The van der Waals surface area contributed by atoms with Gasteiger partial charge in [-0.05, 0) is 90.9 Å². The lowest BCUT2D eigenvalue weighted by Gasteiger charge is -2.19. The van der Waals surface area contributed by atoms with Crippen LogP contribution < -0.4 is 11.1 Å². The molecule has 0 aromatic heterocycles. The van der Waals surface area contributed by atoms with Crippen molar-refractivity contribution in [1.29, 1.82) is 0 Å². The third-order valence-electron chi connectivity index (χ3n) is 8.50. The Hall–Kier alpha value is -3.37. The molecule has 0 heterocycles. The van der Waals surface area contributed by atoms with E-state index in [0.29, 0.717) is 18.6 Å². The highest BCUT2D eigenvalue weighted by Crippen LogP contribution is 2.14. The van der Waals surface area contributed by atoms with Gasteiger partial charge in [0.1, 0.15) is 19.3 Å². The molecule has 0 aliphatic carbocycles. The van der Waals surface area contributed by atoms with E-state index < -0.39 is 24.0 Å². The third kappa shape index (κ3) is 39.2. The van der Waals surface area contributed by atoms with Crippen molar-refractivity contribution in [2.75, 3.05) is 24.7 Å². The van der Waals surface area contributed by atoms with Crippen LogP contribution in [0.25, 0.3) is 0 Å². The molecular weight excluding hydrogens is 737 g/mol. The monoisotopic (exact) mass is 815 g/mol. The molecule has 0 saturated heterocycles. The van der Waals surface area contributed by atoms with E-state index in [1.165, 1.54) is 11.8 Å². The van der Waals surface area contributed by atoms with Crippen molar-refractivity contribution in [2.45, 2.75) is 174 Å². The Bertz CT molecular complexity index is 1210. The van der Waals surface area contributed by atoms with E-state index in [1.807, 2.05) is 0 Å². The molecule has 9 nitrogen and oxygen atoms in total. The summed E-state index contributed by atoms with van der Waals surface area (Å²) in [6, 6.07) is -0.873. The minimum Gasteiger partial charge on any atom is -0.462 e. The molecule has 0 fully saturated rings. The second-order valence-electron chi connectivity index (χ2n) is 14.4. The summed E-state index contributed by atoms with van der Waals surface area (Å²) >= 11 is 1.33. The number of nitrogens with one attached hydrogen (secondary N) is 1. The normalized spacial score (nSPS) is 13.2. The molecule has 324 valence electrons. The van der Waals surface area contributed by atoms with Gasteiger partial charge < -0.3 is 25.3 Å². The Kier molecular flexibility index (Phi) is 38.4. The van der Waals surface area contributed by atoms with Gasteiger partial charge in [0, 0.05) is 24.3 Å². The van der Waals surface area contributed by atoms with Gasteiger partial charge in [-0.2, -0.15) is 11.8 Å². The van der Waals surface area contributed by atoms with Gasteiger partial charge in [-0.3, -0.25) is 19.2 Å². The molecule has 1 amide bonds. The number of carbonyl (C=O) groups is 4. The highest BCUT2D eigenvalue weighted by Gasteiger charge is 2.20. The first kappa shape index (κ1) is 53.6. The molecule has 3 N–H and O–H groups in total. The first-order valence-electron chi connectivity index (χ1n) is 21.7. The predicted molar refractivity (Wildman–Crippen MR) is 239 cm³/mol. The molecule has 0 aliphatic rings. The van der Waals surface area contributed by atoms with Crippen molar-refractivity contribution >= 4 is 35.6 Å². The van der Waals surface area contributed by atoms with Gasteiger partial charge in [0.25, 0.3) is 0 Å². The van der Waals surface area contributed by atoms with Crippen molar-refractivity contribution in [3.63, 3.8) is 0 Å². The molecule has 0 bridgehead atoms. The summed E-state index contributed by atoms with van der Waals surface area (Å²) in [6.45, 7) is 7.44. The first-order chi connectivity index (χ1) is 27.7. The quantitative estimate of drug-likeness (QED) is 0.0272. The van der Waals surface area contributed by atoms with Crippen LogP contribution in [0.2, 0.25) is 0 Å². The summed E-state index contributed by atoms with van der Waals surface area (Å²) in [6.07, 6.45) is 44.4. The van der Waals surface area contributed by atoms with E-state index in [0.717, 1.165) is 116 Å². The zero-order valence-electron chi connectivity index (χ0n) is 36.0. The summed E-state index contributed by atoms with van der Waals surface area (Å²) in [5.41, 5.74) is 6.04. The van der Waals surface area contributed by atoms with Crippen LogP contribution in [0, 0.1) is 0 Å². The number of ether oxygens (including phenoxy) is 3. The number of nitrogens with two attached hydrogens (primary N) is 1. The van der Waals surface area contributed by atoms with Crippen LogP contribution in [0.1, 0.15) is 156 Å². The number of hydrogen-bond donors (Lipinski definition) is 2. The fraction of sp³-hybridized carbons (Fsp3) is 0.660. The standard InChI is InChI=1S/C47H78N2O7S/c1-5-7-9-11-13-15-17-19-21-23-25-27-29-31-33-35-44(50)54-38-42(39-57-40-43(48)47(53)49-37-46(52)55-41(3)4)56-45(51)36-34-32-30-28-26-24-22-20-18-16-14-12-10-8-6-2/h7-10,13-16,19-22,41-43H,5-6,11-12,17-18,23-40,48H2,1-4H3,(H,49,53)/b9-7-,10-8-,15-13-,16-14-,21-19-,22-20-/t42-,43+/m1/s1. The van der Waals surface area contributed by atoms with E-state index in [9.17, 15) is 19.2 Å². The van der Waals surface area contributed by atoms with Crippen molar-refractivity contribution in [3.8, 4) is 0 Å². The molecule has 0 aromatic carbocycles. The average molecular weight is 815 g/mol. The molecule has 2 atom stereocenters. The van der Waals surface area contributed by atoms with Gasteiger partial charge in [-0.1, -0.05) is 125 Å². The Labute approximate surface area is 350 Å². The number of unbranched alkanes of at least 4 members (excludes halogenated alkanes) is 10. The first-order valence-corrected chi connectivity index (χ1v) is 22.9. The Balaban J connectivity index is 4.54. The Morgan fingerprint density at radius 2 is 1.02 bits per heavy atom. The minimum atomic E-state index is -0.873. The number of carbonyl (C=O) groups excluding carboxylic acids is 4. The predicted octanol–water partition coefficient (Wildman–Crippen LogP) is 10.7. The van der Waals surface area contributed by atoms with Gasteiger partial charge in [0.2, 0.25) is 5.91 Å². The molecule has 0 aromatic rings. The Morgan fingerprint density at radius 3 is 1.53 bits per heavy atom. The summed E-state index contributed by atoms with van der Waals surface area (Å²) in [5, 5.41) is 2.49. The molecule has 0 spiro atoms. The zero-order valence-corrected chi connectivity index (χ0v) is 36.8. The van der Waals surface area contributed by atoms with Gasteiger partial charge >= 0.3 is 17.9 Å². The zero-order chi connectivity index (χ0) is 42.0. The lowest BCUT2D eigenvalue weighted by atomic mass is 10.1. The number of rotatable bonds is 37. The van der Waals surface area contributed by atoms with Gasteiger partial charge in [0.15, 0.2) is 0 Å². The average Bonchev–Trinajstić information content (AvgIpc) is 3.18. The highest BCUT2D eigenvalue weighted by atomic mass is 32.2. The fourth-order valence-electron chi connectivity index (χ4n) is 5.39. The number of allylic oxidation sites excluding steroid dienone is 12. The van der Waals surface area contributed by atoms with Crippen molar-refractivity contribution in [1.82, 2.24) is 5.32 Å². The van der Waals surface area contributed by atoms with E-state index in [-0.39, 0.29) is 36.9 Å². The van der Waals surface area contributed by atoms with Crippen LogP contribution in [0.4, 0.5) is 0 Å². The smallest absolute Gasteiger partial charge is 0.325 e. The maximum atomic E-state index is 12.8. The second kappa shape index (κ2) is 40.8. The van der Waals surface area contributed by atoms with Gasteiger partial charge in [0.05, 0.1) is 12.1 Å². The van der Waals surface area contributed by atoms with Crippen LogP contribution >= 0.6 is 11.8 Å². The molecule has 0 radical (unpaired) electrons. The van der Waals surface area contributed by atoms with Crippen LogP contribution in [0.5, 0.6) is 0 Å². The molecule has 57 heavy (non-hydrogen) atoms. The van der Waals surface area contributed by atoms with E-state index >= 15 is 0 Å².